The number of hydrogen-bond donors (Lipinski definition) is 1. The molecule has 1 aliphatic rings. The van der Waals surface area contributed by atoms with E-state index in [9.17, 15) is 9.59 Å². The Bertz CT molecular complexity index is 755. The number of hydrogen-bond acceptors (Lipinski definition) is 5. The topological polar surface area (TPSA) is 82.5 Å². The lowest BCUT2D eigenvalue weighted by Crippen LogP contribution is -2.35. The minimum atomic E-state index is -0.496. The Morgan fingerprint density at radius 3 is 2.75 bits per heavy atom. The van der Waals surface area contributed by atoms with Crippen molar-refractivity contribution in [3.05, 3.63) is 36.0 Å². The second-order valence-corrected chi connectivity index (χ2v) is 5.62. The van der Waals surface area contributed by atoms with Gasteiger partial charge in [-0.05, 0) is 5.56 Å². The number of nitrogens with zero attached hydrogens (tertiary/aromatic N) is 2. The van der Waals surface area contributed by atoms with Gasteiger partial charge in [-0.1, -0.05) is 30.3 Å². The van der Waals surface area contributed by atoms with E-state index in [4.69, 9.17) is 4.74 Å². The van der Waals surface area contributed by atoms with Crippen LogP contribution in [0, 0.1) is 5.92 Å². The Morgan fingerprint density at radius 2 is 2.08 bits per heavy atom. The highest BCUT2D eigenvalue weighted by Gasteiger charge is 2.32. The molecule has 0 fully saturated rings. The van der Waals surface area contributed by atoms with Crippen LogP contribution in [0.25, 0.3) is 11.1 Å². The van der Waals surface area contributed by atoms with Gasteiger partial charge in [0.15, 0.2) is 0 Å². The van der Waals surface area contributed by atoms with Crippen molar-refractivity contribution in [1.29, 1.82) is 0 Å². The zero-order valence-electron chi connectivity index (χ0n) is 13.6. The number of ether oxygens (including phenoxy) is 2. The summed E-state index contributed by atoms with van der Waals surface area (Å²) in [7, 11) is 2.92. The molecule has 1 atom stereocenters. The zero-order chi connectivity index (χ0) is 17.1. The smallest absolute Gasteiger partial charge is 0.306 e. The third kappa shape index (κ3) is 3.03. The van der Waals surface area contributed by atoms with Crippen molar-refractivity contribution in [2.75, 3.05) is 19.5 Å². The third-order valence-corrected chi connectivity index (χ3v) is 4.01. The van der Waals surface area contributed by atoms with Crippen LogP contribution in [-0.2, 0) is 32.2 Å². The van der Waals surface area contributed by atoms with Crippen molar-refractivity contribution in [1.82, 2.24) is 9.78 Å². The second kappa shape index (κ2) is 6.84. The average molecular weight is 329 g/mol. The minimum absolute atomic E-state index is 0.0297. The summed E-state index contributed by atoms with van der Waals surface area (Å²) in [6.07, 6.45) is 0.0297. The van der Waals surface area contributed by atoms with E-state index in [0.717, 1.165) is 16.8 Å². The normalized spacial score (nSPS) is 16.4. The van der Waals surface area contributed by atoms with E-state index in [1.54, 1.807) is 11.8 Å². The van der Waals surface area contributed by atoms with Crippen molar-refractivity contribution >= 4 is 17.7 Å². The van der Waals surface area contributed by atoms with E-state index in [1.807, 2.05) is 30.3 Å². The first kappa shape index (κ1) is 16.2. The molecule has 0 radical (unpaired) electrons. The number of carbonyl (C=O) groups is 2. The Balaban J connectivity index is 1.99. The van der Waals surface area contributed by atoms with Crippen LogP contribution in [0.5, 0.6) is 0 Å². The van der Waals surface area contributed by atoms with Crippen LogP contribution in [0.1, 0.15) is 12.1 Å². The molecule has 7 heteroatoms. The summed E-state index contributed by atoms with van der Waals surface area (Å²) in [5, 5.41) is 7.44. The van der Waals surface area contributed by atoms with E-state index >= 15 is 0 Å². The Hall–Kier alpha value is -2.67. The van der Waals surface area contributed by atoms with Crippen LogP contribution >= 0.6 is 0 Å². The van der Waals surface area contributed by atoms with Crippen LogP contribution in [0.2, 0.25) is 0 Å². The van der Waals surface area contributed by atoms with Crippen LogP contribution in [0.4, 0.5) is 5.82 Å². The van der Waals surface area contributed by atoms with Crippen molar-refractivity contribution in [3.63, 3.8) is 0 Å². The lowest BCUT2D eigenvalue weighted by atomic mass is 10.0. The molecule has 126 valence electrons. The molecule has 0 saturated heterocycles. The van der Waals surface area contributed by atoms with Gasteiger partial charge in [0.2, 0.25) is 5.91 Å². The monoisotopic (exact) mass is 329 g/mol. The lowest BCUT2D eigenvalue weighted by molar-refractivity contribution is -0.143. The first-order valence-corrected chi connectivity index (χ1v) is 7.65. The summed E-state index contributed by atoms with van der Waals surface area (Å²) in [6, 6.07) is 9.72. The van der Waals surface area contributed by atoms with Gasteiger partial charge >= 0.3 is 5.97 Å². The fourth-order valence-electron chi connectivity index (χ4n) is 2.87. The van der Waals surface area contributed by atoms with Crippen LogP contribution in [-0.4, -0.2) is 35.9 Å². The van der Waals surface area contributed by atoms with Crippen molar-refractivity contribution < 1.29 is 19.1 Å². The van der Waals surface area contributed by atoms with Crippen LogP contribution < -0.4 is 5.32 Å². The fourth-order valence-corrected chi connectivity index (χ4v) is 2.87. The summed E-state index contributed by atoms with van der Waals surface area (Å²) < 4.78 is 11.6. The summed E-state index contributed by atoms with van der Waals surface area (Å²) in [5.74, 6) is -0.469. The predicted octanol–water partition coefficient (Wildman–Crippen LogP) is 1.83. The highest BCUT2D eigenvalue weighted by atomic mass is 16.5. The maximum atomic E-state index is 12.4. The molecular weight excluding hydrogens is 310 g/mol. The van der Waals surface area contributed by atoms with Crippen molar-refractivity contribution in [2.45, 2.75) is 19.6 Å². The fraction of sp³-hybridized carbons (Fsp3) is 0.353. The van der Waals surface area contributed by atoms with Gasteiger partial charge in [-0.3, -0.25) is 9.59 Å². The molecule has 7 nitrogen and oxygen atoms in total. The van der Waals surface area contributed by atoms with Gasteiger partial charge in [0.05, 0.1) is 38.3 Å². The number of anilines is 1. The number of benzene rings is 1. The van der Waals surface area contributed by atoms with E-state index in [2.05, 4.69) is 15.2 Å². The van der Waals surface area contributed by atoms with Gasteiger partial charge < -0.3 is 14.8 Å². The standard InChI is InChI=1S/C17H19N3O4/c1-23-10-13-15(11-6-4-3-5-7-11)16-18-17(22)12(8-14(21)24-2)9-20(16)19-13/h3-7,12H,8-10H2,1-2H3,(H,18,22). The van der Waals surface area contributed by atoms with E-state index in [-0.39, 0.29) is 12.3 Å². The molecule has 1 aliphatic heterocycles. The van der Waals surface area contributed by atoms with Gasteiger partial charge in [0.1, 0.15) is 5.82 Å². The van der Waals surface area contributed by atoms with Crippen molar-refractivity contribution in [3.8, 4) is 11.1 Å². The van der Waals surface area contributed by atoms with E-state index in [0.29, 0.717) is 19.0 Å². The molecule has 0 saturated carbocycles. The van der Waals surface area contributed by atoms with Gasteiger partial charge in [-0.15, -0.1) is 0 Å². The second-order valence-electron chi connectivity index (χ2n) is 5.62. The number of amides is 1. The molecule has 24 heavy (non-hydrogen) atoms. The number of rotatable bonds is 5. The number of nitrogens with one attached hydrogen (secondary N) is 1. The van der Waals surface area contributed by atoms with E-state index in [1.165, 1.54) is 7.11 Å². The molecular formula is C17H19N3O4. The first-order valence-electron chi connectivity index (χ1n) is 7.65. The molecule has 1 unspecified atom stereocenters. The first-order chi connectivity index (χ1) is 11.6. The molecule has 3 rings (SSSR count). The summed E-state index contributed by atoms with van der Waals surface area (Å²) >= 11 is 0. The molecule has 2 aromatic rings. The largest absolute Gasteiger partial charge is 0.469 e. The van der Waals surface area contributed by atoms with Gasteiger partial charge in [-0.2, -0.15) is 5.10 Å². The predicted molar refractivity (Wildman–Crippen MR) is 87.1 cm³/mol. The SMILES string of the molecule is COCc1nn2c(c1-c1ccccc1)NC(=O)C(CC(=O)OC)C2. The maximum Gasteiger partial charge on any atom is 0.306 e. The molecule has 0 aliphatic carbocycles. The minimum Gasteiger partial charge on any atom is -0.469 e. The van der Waals surface area contributed by atoms with Crippen LogP contribution in [0.15, 0.2) is 30.3 Å². The number of aromatic nitrogens is 2. The number of fused-ring (bicyclic) bond motifs is 1. The Kier molecular flexibility index (Phi) is 4.61. The number of esters is 1. The van der Waals surface area contributed by atoms with Gasteiger partial charge in [0.25, 0.3) is 0 Å². The molecule has 2 heterocycles. The zero-order valence-corrected chi connectivity index (χ0v) is 13.6. The van der Waals surface area contributed by atoms with Crippen molar-refractivity contribution in [2.24, 2.45) is 5.92 Å². The molecule has 0 bridgehead atoms. The number of carbonyl (C=O) groups excluding carboxylic acids is 2. The highest BCUT2D eigenvalue weighted by molar-refractivity contribution is 5.98. The molecule has 0 spiro atoms. The Morgan fingerprint density at radius 1 is 1.33 bits per heavy atom. The van der Waals surface area contributed by atoms with Gasteiger partial charge in [-0.25, -0.2) is 4.68 Å². The van der Waals surface area contributed by atoms with Gasteiger partial charge in [0, 0.05) is 12.7 Å². The number of methoxy groups -OCH3 is 2. The van der Waals surface area contributed by atoms with E-state index < -0.39 is 11.9 Å². The quantitative estimate of drug-likeness (QED) is 0.846. The molecule has 1 amide bonds. The molecule has 1 aromatic heterocycles. The average Bonchev–Trinajstić information content (AvgIpc) is 2.93. The third-order valence-electron chi connectivity index (χ3n) is 4.01. The summed E-state index contributed by atoms with van der Waals surface area (Å²) in [5.41, 5.74) is 2.55. The molecule has 1 N–H and O–H groups in total. The molecule has 1 aromatic carbocycles. The Labute approximate surface area is 139 Å². The summed E-state index contributed by atoms with van der Waals surface area (Å²) in [6.45, 7) is 0.668. The highest BCUT2D eigenvalue weighted by Crippen LogP contribution is 2.35. The van der Waals surface area contributed by atoms with Crippen LogP contribution in [0.3, 0.4) is 0 Å². The maximum absolute atomic E-state index is 12.4. The lowest BCUT2D eigenvalue weighted by Gasteiger charge is -2.23. The summed E-state index contributed by atoms with van der Waals surface area (Å²) in [4.78, 5) is 23.8.